The van der Waals surface area contributed by atoms with Gasteiger partial charge in [-0.2, -0.15) is 15.1 Å². The first-order valence-corrected chi connectivity index (χ1v) is 8.81. The molecule has 0 atom stereocenters. The molecule has 0 fully saturated rings. The number of nitrogens with zero attached hydrogens (tertiary/aromatic N) is 5. The van der Waals surface area contributed by atoms with Crippen LogP contribution in [0.4, 0.5) is 10.8 Å². The number of rotatable bonds is 5. The highest BCUT2D eigenvalue weighted by Gasteiger charge is 2.19. The van der Waals surface area contributed by atoms with Crippen molar-refractivity contribution in [3.63, 3.8) is 0 Å². The molecule has 140 valence electrons. The molecule has 0 aliphatic heterocycles. The van der Waals surface area contributed by atoms with E-state index in [-0.39, 0.29) is 21.7 Å². The van der Waals surface area contributed by atoms with Crippen LogP contribution in [0.5, 0.6) is 11.8 Å². The molecule has 4 rings (SSSR count). The minimum absolute atomic E-state index is 0.0368. The second-order valence-corrected chi connectivity index (χ2v) is 6.69. The van der Waals surface area contributed by atoms with Crippen molar-refractivity contribution in [1.29, 1.82) is 0 Å². The van der Waals surface area contributed by atoms with E-state index in [0.717, 1.165) is 11.3 Å². The fraction of sp³-hybridized carbons (Fsp3) is 0.0588. The van der Waals surface area contributed by atoms with E-state index in [4.69, 9.17) is 4.74 Å². The SMILES string of the molecule is Cn1ncc2c(NC(=O)c3ccc([N+](=O)[O-])s3)nc(Oc3ccccc3)nc21. The fourth-order valence-corrected chi connectivity index (χ4v) is 3.17. The third kappa shape index (κ3) is 3.38. The van der Waals surface area contributed by atoms with Crippen LogP contribution in [0, 0.1) is 10.1 Å². The zero-order chi connectivity index (χ0) is 19.7. The van der Waals surface area contributed by atoms with Crippen molar-refractivity contribution in [3.05, 3.63) is 63.7 Å². The van der Waals surface area contributed by atoms with Gasteiger partial charge in [0.15, 0.2) is 11.5 Å². The third-order valence-corrected chi connectivity index (χ3v) is 4.79. The van der Waals surface area contributed by atoms with Crippen molar-refractivity contribution in [3.8, 4) is 11.8 Å². The molecule has 1 N–H and O–H groups in total. The van der Waals surface area contributed by atoms with Gasteiger partial charge >= 0.3 is 11.0 Å². The van der Waals surface area contributed by atoms with E-state index in [0.29, 0.717) is 16.8 Å². The Kier molecular flexibility index (Phi) is 4.41. The topological polar surface area (TPSA) is 125 Å². The highest BCUT2D eigenvalue weighted by atomic mass is 32.1. The largest absolute Gasteiger partial charge is 0.424 e. The summed E-state index contributed by atoms with van der Waals surface area (Å²) in [7, 11) is 1.70. The van der Waals surface area contributed by atoms with Crippen molar-refractivity contribution in [2.75, 3.05) is 5.32 Å². The summed E-state index contributed by atoms with van der Waals surface area (Å²) in [5.74, 6) is 0.216. The molecular formula is C17H12N6O4S. The maximum absolute atomic E-state index is 12.5. The Labute approximate surface area is 161 Å². The minimum atomic E-state index is -0.544. The van der Waals surface area contributed by atoms with E-state index in [2.05, 4.69) is 20.4 Å². The zero-order valence-electron chi connectivity index (χ0n) is 14.4. The normalized spacial score (nSPS) is 10.8. The Morgan fingerprint density at radius 1 is 1.21 bits per heavy atom. The maximum atomic E-state index is 12.5. The molecule has 0 aliphatic rings. The van der Waals surface area contributed by atoms with Crippen LogP contribution in [-0.4, -0.2) is 30.6 Å². The summed E-state index contributed by atoms with van der Waals surface area (Å²) in [6.45, 7) is 0. The molecule has 10 nitrogen and oxygen atoms in total. The van der Waals surface area contributed by atoms with Crippen molar-refractivity contribution < 1.29 is 14.5 Å². The van der Waals surface area contributed by atoms with Gasteiger partial charge in [0, 0.05) is 13.1 Å². The molecule has 11 heteroatoms. The Morgan fingerprint density at radius 3 is 2.71 bits per heavy atom. The lowest BCUT2D eigenvalue weighted by molar-refractivity contribution is -0.380. The monoisotopic (exact) mass is 396 g/mol. The predicted octanol–water partition coefficient (Wildman–Crippen LogP) is 3.38. The Morgan fingerprint density at radius 2 is 2.00 bits per heavy atom. The number of nitrogens with one attached hydrogen (secondary N) is 1. The van der Waals surface area contributed by atoms with Gasteiger partial charge < -0.3 is 10.1 Å². The van der Waals surface area contributed by atoms with Gasteiger partial charge in [-0.25, -0.2) is 0 Å². The summed E-state index contributed by atoms with van der Waals surface area (Å²) >= 11 is 0.779. The molecule has 3 aromatic heterocycles. The quantitative estimate of drug-likeness (QED) is 0.405. The van der Waals surface area contributed by atoms with E-state index in [1.165, 1.54) is 23.0 Å². The number of nitro groups is 1. The van der Waals surface area contributed by atoms with Gasteiger partial charge in [0.25, 0.3) is 5.91 Å². The van der Waals surface area contributed by atoms with Gasteiger partial charge in [0.2, 0.25) is 0 Å². The molecule has 0 saturated heterocycles. The van der Waals surface area contributed by atoms with Gasteiger partial charge in [-0.3, -0.25) is 19.6 Å². The summed E-state index contributed by atoms with van der Waals surface area (Å²) in [6, 6.07) is 11.7. The van der Waals surface area contributed by atoms with Crippen molar-refractivity contribution >= 4 is 39.1 Å². The highest BCUT2D eigenvalue weighted by Crippen LogP contribution is 2.28. The van der Waals surface area contributed by atoms with Crippen LogP contribution in [0.15, 0.2) is 48.7 Å². The van der Waals surface area contributed by atoms with Crippen LogP contribution in [0.3, 0.4) is 0 Å². The lowest BCUT2D eigenvalue weighted by Gasteiger charge is -2.08. The van der Waals surface area contributed by atoms with Crippen LogP contribution in [-0.2, 0) is 7.05 Å². The van der Waals surface area contributed by atoms with E-state index in [1.54, 1.807) is 19.2 Å². The number of aromatic nitrogens is 4. The molecule has 1 amide bonds. The number of carbonyl (C=O) groups excluding carboxylic acids is 1. The number of thiophene rings is 1. The van der Waals surface area contributed by atoms with E-state index >= 15 is 0 Å². The molecule has 0 spiro atoms. The molecule has 1 aromatic carbocycles. The number of amides is 1. The van der Waals surface area contributed by atoms with Crippen LogP contribution in [0.25, 0.3) is 11.0 Å². The summed E-state index contributed by atoms with van der Waals surface area (Å²) in [5, 5.41) is 18.0. The first-order chi connectivity index (χ1) is 13.5. The standard InChI is InChI=1S/C17H12N6O4S/c1-22-15-11(9-18-22)14(19-16(24)12-7-8-13(28-12)23(25)26)20-17(21-15)27-10-5-3-2-4-6-10/h2-9H,1H3,(H,19,20,21,24). The molecule has 4 aromatic rings. The van der Waals surface area contributed by atoms with Crippen molar-refractivity contribution in [2.24, 2.45) is 7.05 Å². The fourth-order valence-electron chi connectivity index (χ4n) is 2.45. The number of benzene rings is 1. The Balaban J connectivity index is 1.68. The van der Waals surface area contributed by atoms with E-state index in [1.807, 2.05) is 18.2 Å². The summed E-state index contributed by atoms with van der Waals surface area (Å²) in [5.41, 5.74) is 0.466. The number of hydrogen-bond donors (Lipinski definition) is 1. The summed E-state index contributed by atoms with van der Waals surface area (Å²) in [4.78, 5) is 31.6. The average Bonchev–Trinajstić information content (AvgIpc) is 3.31. The van der Waals surface area contributed by atoms with Gasteiger partial charge in [-0.05, 0) is 18.2 Å². The molecule has 3 heterocycles. The predicted molar refractivity (Wildman–Crippen MR) is 102 cm³/mol. The van der Waals surface area contributed by atoms with Crippen LogP contribution >= 0.6 is 11.3 Å². The Bertz CT molecular complexity index is 1190. The number of ether oxygens (including phenoxy) is 1. The molecular weight excluding hydrogens is 384 g/mol. The summed E-state index contributed by atoms with van der Waals surface area (Å²) in [6.07, 6.45) is 1.52. The molecule has 0 unspecified atom stereocenters. The molecule has 0 aliphatic carbocycles. The van der Waals surface area contributed by atoms with Crippen LogP contribution in [0.1, 0.15) is 9.67 Å². The number of para-hydroxylation sites is 1. The lowest BCUT2D eigenvalue weighted by Crippen LogP contribution is -2.12. The minimum Gasteiger partial charge on any atom is -0.424 e. The van der Waals surface area contributed by atoms with E-state index in [9.17, 15) is 14.9 Å². The van der Waals surface area contributed by atoms with Gasteiger partial charge in [-0.1, -0.05) is 29.5 Å². The zero-order valence-corrected chi connectivity index (χ0v) is 15.2. The molecule has 0 bridgehead atoms. The molecule has 0 radical (unpaired) electrons. The number of hydrogen-bond acceptors (Lipinski definition) is 8. The number of carbonyl (C=O) groups is 1. The van der Waals surface area contributed by atoms with Gasteiger partial charge in [0.1, 0.15) is 5.75 Å². The summed E-state index contributed by atoms with van der Waals surface area (Å²) < 4.78 is 7.20. The highest BCUT2D eigenvalue weighted by molar-refractivity contribution is 7.17. The molecule has 28 heavy (non-hydrogen) atoms. The maximum Gasteiger partial charge on any atom is 0.326 e. The van der Waals surface area contributed by atoms with Gasteiger partial charge in [-0.15, -0.1) is 0 Å². The third-order valence-electron chi connectivity index (χ3n) is 3.75. The number of aryl methyl sites for hydroxylation is 1. The Hall–Kier alpha value is -3.86. The van der Waals surface area contributed by atoms with Crippen molar-refractivity contribution in [1.82, 2.24) is 19.7 Å². The lowest BCUT2D eigenvalue weighted by atomic mass is 10.3. The van der Waals surface area contributed by atoms with Crippen LogP contribution < -0.4 is 10.1 Å². The second kappa shape index (κ2) is 7.04. The smallest absolute Gasteiger partial charge is 0.326 e. The average molecular weight is 396 g/mol. The number of anilines is 1. The second-order valence-electron chi connectivity index (χ2n) is 5.62. The van der Waals surface area contributed by atoms with E-state index < -0.39 is 10.8 Å². The van der Waals surface area contributed by atoms with Gasteiger partial charge in [0.05, 0.1) is 21.4 Å². The number of fused-ring (bicyclic) bond motifs is 1. The molecule has 0 saturated carbocycles. The van der Waals surface area contributed by atoms with Crippen molar-refractivity contribution in [2.45, 2.75) is 0 Å². The first kappa shape index (κ1) is 17.5. The van der Waals surface area contributed by atoms with Crippen LogP contribution in [0.2, 0.25) is 0 Å². The first-order valence-electron chi connectivity index (χ1n) is 7.99.